The van der Waals surface area contributed by atoms with Gasteiger partial charge < -0.3 is 28.7 Å². The van der Waals surface area contributed by atoms with Crippen LogP contribution in [0.5, 0.6) is 0 Å². The molecule has 0 aromatic heterocycles. The Bertz CT molecular complexity index is 381. The van der Waals surface area contributed by atoms with E-state index in [1.807, 2.05) is 21.1 Å². The molecule has 130 valence electrons. The molecule has 8 nitrogen and oxygen atoms in total. The predicted molar refractivity (Wildman–Crippen MR) is 81.3 cm³/mol. The zero-order valence-electron chi connectivity index (χ0n) is 13.4. The minimum Gasteiger partial charge on any atom is -0.463 e. The van der Waals surface area contributed by atoms with E-state index < -0.39 is 32.3 Å². The molecule has 0 aliphatic rings. The van der Waals surface area contributed by atoms with Crippen molar-refractivity contribution in [1.82, 2.24) is 0 Å². The highest BCUT2D eigenvalue weighted by atomic mass is 31.1. The van der Waals surface area contributed by atoms with E-state index in [2.05, 4.69) is 4.74 Å². The van der Waals surface area contributed by atoms with E-state index in [1.54, 1.807) is 0 Å². The molecule has 0 spiro atoms. The summed E-state index contributed by atoms with van der Waals surface area (Å²) >= 11 is 0. The van der Waals surface area contributed by atoms with Gasteiger partial charge in [0.15, 0.2) is 6.10 Å². The zero-order chi connectivity index (χ0) is 17.2. The van der Waals surface area contributed by atoms with Gasteiger partial charge in [-0.05, 0) is 0 Å². The van der Waals surface area contributed by atoms with Crippen LogP contribution in [0, 0.1) is 0 Å². The molecule has 0 aromatic carbocycles. The molecular weight excluding hydrogens is 313 g/mol. The lowest BCUT2D eigenvalue weighted by Gasteiger charge is -2.23. The predicted octanol–water partition coefficient (Wildman–Crippen LogP) is -0.918. The van der Waals surface area contributed by atoms with Crippen LogP contribution in [0.4, 0.5) is 0 Å². The van der Waals surface area contributed by atoms with E-state index in [1.165, 1.54) is 0 Å². The van der Waals surface area contributed by atoms with Gasteiger partial charge in [0.25, 0.3) is 0 Å². The van der Waals surface area contributed by atoms with Crippen molar-refractivity contribution in [2.75, 3.05) is 59.8 Å². The molecule has 0 fully saturated rings. The van der Waals surface area contributed by atoms with E-state index in [0.29, 0.717) is 10.6 Å². The third-order valence-corrected chi connectivity index (χ3v) is 4.22. The number of rotatable bonds is 11. The van der Waals surface area contributed by atoms with E-state index in [4.69, 9.17) is 9.84 Å². The minimum atomic E-state index is -1.82. The Morgan fingerprint density at radius 1 is 1.14 bits per heavy atom. The van der Waals surface area contributed by atoms with Gasteiger partial charge in [0.05, 0.1) is 55.1 Å². The quantitative estimate of drug-likeness (QED) is 0.284. The maximum atomic E-state index is 11.8. The second-order valence-corrected chi connectivity index (χ2v) is 7.96. The average molecular weight is 340 g/mol. The number of aliphatic hydroxyl groups excluding tert-OH is 2. The number of quaternary nitrogens is 1. The Morgan fingerprint density at radius 3 is 2.32 bits per heavy atom. The van der Waals surface area contributed by atoms with Crippen molar-refractivity contribution in [3.63, 3.8) is 0 Å². The first kappa shape index (κ1) is 21.0. The van der Waals surface area contributed by atoms with E-state index >= 15 is 0 Å². The minimum absolute atomic E-state index is 0.0451. The molecule has 22 heavy (non-hydrogen) atoms. The van der Waals surface area contributed by atoms with Gasteiger partial charge in [0.2, 0.25) is 0 Å². The molecule has 0 saturated carbocycles. The van der Waals surface area contributed by atoms with Crippen LogP contribution in [0.3, 0.4) is 0 Å². The molecule has 0 heterocycles. The lowest BCUT2D eigenvalue weighted by atomic mass is 10.2. The van der Waals surface area contributed by atoms with Crippen molar-refractivity contribution in [2.24, 2.45) is 0 Å². The molecule has 0 saturated heterocycles. The third-order valence-electron chi connectivity index (χ3n) is 2.67. The molecule has 0 aliphatic carbocycles. The second kappa shape index (κ2) is 10.7. The number of hydrogen-bond acceptors (Lipinski definition) is 7. The standard InChI is InChI=1S/C13H27NO7P/c1-14(2,3)4-8-22(19)9-7-21-13(18)11(16)10-12(17)20-6-5-15/h11,15-16,22H,4-10H2,1-3H3/q+1. The van der Waals surface area contributed by atoms with Gasteiger partial charge in [-0.3, -0.25) is 4.79 Å². The number of carbonyl (C=O) groups is 2. The fraction of sp³-hybridized carbons (Fsp3) is 0.846. The summed E-state index contributed by atoms with van der Waals surface area (Å²) < 4.78 is 21.8. The SMILES string of the molecule is C[N+](C)(C)CC[PH](=O)CCOC(=O)C(O)CC(=O)OCCO. The molecule has 0 rings (SSSR count). The highest BCUT2D eigenvalue weighted by Gasteiger charge is 2.21. The van der Waals surface area contributed by atoms with Crippen LogP contribution in [-0.2, 0) is 23.6 Å². The van der Waals surface area contributed by atoms with Gasteiger partial charge in [-0.15, -0.1) is 0 Å². The number of nitrogens with zero attached hydrogens (tertiary/aromatic N) is 1. The Morgan fingerprint density at radius 2 is 1.77 bits per heavy atom. The van der Waals surface area contributed by atoms with Crippen LogP contribution in [-0.4, -0.2) is 92.6 Å². The molecule has 0 amide bonds. The van der Waals surface area contributed by atoms with Crippen LogP contribution in [0.2, 0.25) is 0 Å². The van der Waals surface area contributed by atoms with Crippen molar-refractivity contribution in [2.45, 2.75) is 12.5 Å². The normalized spacial score (nSPS) is 14.2. The first-order valence-corrected chi connectivity index (χ1v) is 8.91. The van der Waals surface area contributed by atoms with Crippen molar-refractivity contribution in [3.8, 4) is 0 Å². The van der Waals surface area contributed by atoms with Crippen LogP contribution in [0.25, 0.3) is 0 Å². The first-order valence-electron chi connectivity index (χ1n) is 7.09. The molecule has 2 unspecified atom stereocenters. The summed E-state index contributed by atoms with van der Waals surface area (Å²) in [6, 6.07) is 0. The molecule has 0 radical (unpaired) electrons. The van der Waals surface area contributed by atoms with Gasteiger partial charge in [0.1, 0.15) is 6.61 Å². The van der Waals surface area contributed by atoms with Crippen molar-refractivity contribution in [3.05, 3.63) is 0 Å². The van der Waals surface area contributed by atoms with Crippen molar-refractivity contribution >= 4 is 19.7 Å². The van der Waals surface area contributed by atoms with Gasteiger partial charge in [-0.1, -0.05) is 0 Å². The summed E-state index contributed by atoms with van der Waals surface area (Å²) in [5.41, 5.74) is 0. The summed E-state index contributed by atoms with van der Waals surface area (Å²) in [5, 5.41) is 17.9. The monoisotopic (exact) mass is 340 g/mol. The fourth-order valence-corrected chi connectivity index (χ4v) is 2.91. The zero-order valence-corrected chi connectivity index (χ0v) is 14.4. The lowest BCUT2D eigenvalue weighted by molar-refractivity contribution is -0.867. The van der Waals surface area contributed by atoms with Gasteiger partial charge in [-0.2, -0.15) is 0 Å². The topological polar surface area (TPSA) is 110 Å². The van der Waals surface area contributed by atoms with E-state index in [0.717, 1.165) is 6.54 Å². The summed E-state index contributed by atoms with van der Waals surface area (Å²) in [6.07, 6.45) is -1.31. The number of ether oxygens (including phenoxy) is 2. The van der Waals surface area contributed by atoms with Gasteiger partial charge >= 0.3 is 11.9 Å². The fourth-order valence-electron chi connectivity index (χ4n) is 1.41. The van der Waals surface area contributed by atoms with Crippen molar-refractivity contribution in [1.29, 1.82) is 0 Å². The number of esters is 2. The smallest absolute Gasteiger partial charge is 0.335 e. The Labute approximate surface area is 131 Å². The van der Waals surface area contributed by atoms with Crippen LogP contribution < -0.4 is 0 Å². The maximum Gasteiger partial charge on any atom is 0.335 e. The molecule has 9 heteroatoms. The second-order valence-electron chi connectivity index (χ2n) is 5.88. The van der Waals surface area contributed by atoms with E-state index in [9.17, 15) is 19.3 Å². The molecule has 0 aliphatic heterocycles. The van der Waals surface area contributed by atoms with Gasteiger partial charge in [-0.25, -0.2) is 4.79 Å². The molecule has 2 atom stereocenters. The van der Waals surface area contributed by atoms with Crippen molar-refractivity contribution < 1.29 is 38.3 Å². The highest BCUT2D eigenvalue weighted by molar-refractivity contribution is 7.44. The Balaban J connectivity index is 3.88. The molecular formula is C13H27NO7P+. The lowest BCUT2D eigenvalue weighted by Crippen LogP contribution is -2.36. The average Bonchev–Trinajstić information content (AvgIpc) is 2.41. The summed E-state index contributed by atoms with van der Waals surface area (Å²) in [6.45, 7) is 0.213. The largest absolute Gasteiger partial charge is 0.463 e. The Hall–Kier alpha value is -0.950. The third kappa shape index (κ3) is 11.7. The van der Waals surface area contributed by atoms with Crippen LogP contribution >= 0.6 is 7.80 Å². The summed E-state index contributed by atoms with van der Waals surface area (Å²) in [4.78, 5) is 22.6. The Kier molecular flexibility index (Phi) is 10.3. The summed E-state index contributed by atoms with van der Waals surface area (Å²) in [5.74, 6) is -1.74. The van der Waals surface area contributed by atoms with E-state index in [-0.39, 0.29) is 26.0 Å². The number of carbonyl (C=O) groups excluding carboxylic acids is 2. The van der Waals surface area contributed by atoms with Gasteiger partial charge in [0, 0.05) is 12.3 Å². The molecule has 0 aromatic rings. The highest BCUT2D eigenvalue weighted by Crippen LogP contribution is 2.20. The maximum absolute atomic E-state index is 11.8. The molecule has 0 bridgehead atoms. The molecule has 2 N–H and O–H groups in total. The summed E-state index contributed by atoms with van der Waals surface area (Å²) in [7, 11) is 4.18. The first-order chi connectivity index (χ1) is 10.2. The number of hydrogen-bond donors (Lipinski definition) is 2. The van der Waals surface area contributed by atoms with Crippen LogP contribution in [0.1, 0.15) is 6.42 Å². The van der Waals surface area contributed by atoms with Crippen LogP contribution in [0.15, 0.2) is 0 Å². The number of aliphatic hydroxyl groups is 2.